The maximum Gasteiger partial charge on any atom is 0.313 e. The summed E-state index contributed by atoms with van der Waals surface area (Å²) >= 11 is 0. The Morgan fingerprint density at radius 2 is 1.88 bits per heavy atom. The number of aliphatic hydroxyl groups excluding tert-OH is 3. The fourth-order valence-corrected chi connectivity index (χ4v) is 7.27. The molecule has 10 unspecified atom stereocenters. The number of fused-ring (bicyclic) bond motifs is 2. The summed E-state index contributed by atoms with van der Waals surface area (Å²) in [6.07, 6.45) is -2.46. The van der Waals surface area contributed by atoms with Gasteiger partial charge in [-0.3, -0.25) is 9.59 Å². The molecule has 2 saturated carbocycles. The van der Waals surface area contributed by atoms with E-state index in [9.17, 15) is 24.9 Å². The Balaban J connectivity index is 1.77. The molecule has 10 atom stereocenters. The number of hydrogen-bond donors (Lipinski definition) is 3. The van der Waals surface area contributed by atoms with Crippen LogP contribution in [-0.4, -0.2) is 63.7 Å². The monoisotopic (exact) mass is 364 g/mol. The van der Waals surface area contributed by atoms with E-state index in [1.54, 1.807) is 13.8 Å². The first-order valence-corrected chi connectivity index (χ1v) is 9.20. The normalized spacial score (nSPS) is 60.2. The lowest BCUT2D eigenvalue weighted by atomic mass is 9.39. The van der Waals surface area contributed by atoms with Gasteiger partial charge in [0.2, 0.25) is 0 Å². The van der Waals surface area contributed by atoms with Gasteiger partial charge in [-0.1, -0.05) is 12.5 Å². The summed E-state index contributed by atoms with van der Waals surface area (Å²) in [5, 5.41) is 33.3. The van der Waals surface area contributed by atoms with E-state index in [-0.39, 0.29) is 12.5 Å². The molecular formula is C19H24O7. The molecule has 0 amide bonds. The van der Waals surface area contributed by atoms with Gasteiger partial charge in [0.15, 0.2) is 11.9 Å². The molecule has 142 valence electrons. The SMILES string of the molecule is CC1=CC(=O)C(O)C2(C)C1CC(O)C13COC4(C)C(OC(=O)C41)C(O)C23. The van der Waals surface area contributed by atoms with Crippen molar-refractivity contribution in [2.24, 2.45) is 28.6 Å². The number of ether oxygens (including phenoxy) is 2. The summed E-state index contributed by atoms with van der Waals surface area (Å²) < 4.78 is 11.5. The minimum atomic E-state index is -1.31. The topological polar surface area (TPSA) is 113 Å². The molecule has 2 saturated heterocycles. The van der Waals surface area contributed by atoms with Crippen molar-refractivity contribution in [1.82, 2.24) is 0 Å². The third-order valence-electron chi connectivity index (χ3n) is 8.30. The smallest absolute Gasteiger partial charge is 0.313 e. The second-order valence-electron chi connectivity index (χ2n) is 9.21. The Morgan fingerprint density at radius 3 is 2.58 bits per heavy atom. The maximum absolute atomic E-state index is 12.7. The second-order valence-corrected chi connectivity index (χ2v) is 9.21. The summed E-state index contributed by atoms with van der Waals surface area (Å²) in [6.45, 7) is 5.46. The van der Waals surface area contributed by atoms with E-state index in [1.165, 1.54) is 6.08 Å². The van der Waals surface area contributed by atoms with Crippen LogP contribution in [0, 0.1) is 28.6 Å². The van der Waals surface area contributed by atoms with Crippen molar-refractivity contribution in [3.8, 4) is 0 Å². The van der Waals surface area contributed by atoms with E-state index < -0.39 is 64.4 Å². The van der Waals surface area contributed by atoms with E-state index in [1.807, 2.05) is 6.92 Å². The summed E-state index contributed by atoms with van der Waals surface area (Å²) in [7, 11) is 0. The van der Waals surface area contributed by atoms with Gasteiger partial charge in [-0.05, 0) is 32.3 Å². The predicted octanol–water partition coefficient (Wildman–Crippen LogP) is -0.429. The van der Waals surface area contributed by atoms with Gasteiger partial charge in [0.25, 0.3) is 0 Å². The molecule has 0 aromatic rings. The Morgan fingerprint density at radius 1 is 1.19 bits per heavy atom. The van der Waals surface area contributed by atoms with Crippen LogP contribution in [0.2, 0.25) is 0 Å². The van der Waals surface area contributed by atoms with Crippen LogP contribution in [0.5, 0.6) is 0 Å². The first-order chi connectivity index (χ1) is 12.1. The molecule has 3 aliphatic carbocycles. The van der Waals surface area contributed by atoms with Gasteiger partial charge in [0.05, 0.1) is 24.7 Å². The summed E-state index contributed by atoms with van der Waals surface area (Å²) in [5.74, 6) is -2.54. The molecule has 3 N–H and O–H groups in total. The van der Waals surface area contributed by atoms with Crippen LogP contribution in [0.1, 0.15) is 27.2 Å². The number of ketones is 1. The van der Waals surface area contributed by atoms with Crippen LogP contribution in [0.15, 0.2) is 11.6 Å². The van der Waals surface area contributed by atoms with Crippen LogP contribution < -0.4 is 0 Å². The minimum Gasteiger partial charge on any atom is -0.456 e. The van der Waals surface area contributed by atoms with Crippen LogP contribution in [-0.2, 0) is 19.1 Å². The van der Waals surface area contributed by atoms with Crippen molar-refractivity contribution < 1.29 is 34.4 Å². The van der Waals surface area contributed by atoms with E-state index in [2.05, 4.69) is 0 Å². The van der Waals surface area contributed by atoms with Crippen molar-refractivity contribution >= 4 is 11.8 Å². The van der Waals surface area contributed by atoms with E-state index in [4.69, 9.17) is 9.47 Å². The van der Waals surface area contributed by atoms with Crippen molar-refractivity contribution in [1.29, 1.82) is 0 Å². The van der Waals surface area contributed by atoms with Gasteiger partial charge in [-0.25, -0.2) is 0 Å². The third-order valence-corrected chi connectivity index (χ3v) is 8.30. The van der Waals surface area contributed by atoms with E-state index in [0.29, 0.717) is 6.42 Å². The van der Waals surface area contributed by atoms with Gasteiger partial charge >= 0.3 is 5.97 Å². The Labute approximate surface area is 151 Å². The molecule has 7 nitrogen and oxygen atoms in total. The standard InChI is InChI=1S/C19H24O7/c1-7-4-9(20)14(23)17(2)8(7)5-10(21)19-6-25-18(3)13(19)16(24)26-15(18)11(22)12(17)19/h4,8,10-15,21-23H,5-6H2,1-3H3. The Kier molecular flexibility index (Phi) is 2.97. The predicted molar refractivity (Wildman–Crippen MR) is 86.6 cm³/mol. The summed E-state index contributed by atoms with van der Waals surface area (Å²) in [4.78, 5) is 25.1. The number of esters is 1. The Hall–Kier alpha value is -1.28. The number of rotatable bonds is 0. The first kappa shape index (κ1) is 16.9. The minimum absolute atomic E-state index is 0.106. The largest absolute Gasteiger partial charge is 0.456 e. The van der Waals surface area contributed by atoms with E-state index in [0.717, 1.165) is 5.57 Å². The van der Waals surface area contributed by atoms with Gasteiger partial charge in [-0.15, -0.1) is 0 Å². The van der Waals surface area contributed by atoms with E-state index >= 15 is 0 Å². The molecule has 0 radical (unpaired) electrons. The molecule has 7 heteroatoms. The summed E-state index contributed by atoms with van der Waals surface area (Å²) in [5.41, 5.74) is -2.28. The number of carbonyl (C=O) groups is 2. The highest BCUT2D eigenvalue weighted by atomic mass is 16.6. The molecule has 5 aliphatic rings. The lowest BCUT2D eigenvalue weighted by Gasteiger charge is -2.63. The lowest BCUT2D eigenvalue weighted by Crippen LogP contribution is -2.73. The fraction of sp³-hybridized carbons (Fsp3) is 0.789. The molecule has 2 aliphatic heterocycles. The molecule has 26 heavy (non-hydrogen) atoms. The average Bonchev–Trinajstić information content (AvgIpc) is 2.94. The quantitative estimate of drug-likeness (QED) is 0.500. The maximum atomic E-state index is 12.7. The zero-order valence-corrected chi connectivity index (χ0v) is 15.0. The highest BCUT2D eigenvalue weighted by molar-refractivity contribution is 5.96. The van der Waals surface area contributed by atoms with Crippen molar-refractivity contribution in [3.63, 3.8) is 0 Å². The highest BCUT2D eigenvalue weighted by Crippen LogP contribution is 2.72. The number of allylic oxidation sites excluding steroid dienone is 1. The molecule has 1 spiro atoms. The summed E-state index contributed by atoms with van der Waals surface area (Å²) in [6, 6.07) is 0. The molecule has 5 rings (SSSR count). The van der Waals surface area contributed by atoms with Gasteiger partial charge < -0.3 is 24.8 Å². The zero-order chi connectivity index (χ0) is 18.8. The molecule has 2 heterocycles. The van der Waals surface area contributed by atoms with Gasteiger partial charge in [-0.2, -0.15) is 0 Å². The van der Waals surface area contributed by atoms with Crippen LogP contribution in [0.4, 0.5) is 0 Å². The van der Waals surface area contributed by atoms with Crippen LogP contribution in [0.3, 0.4) is 0 Å². The molecule has 0 aromatic carbocycles. The van der Waals surface area contributed by atoms with Crippen LogP contribution in [0.25, 0.3) is 0 Å². The van der Waals surface area contributed by atoms with Gasteiger partial charge in [0.1, 0.15) is 11.7 Å². The van der Waals surface area contributed by atoms with Crippen molar-refractivity contribution in [2.45, 2.75) is 57.2 Å². The van der Waals surface area contributed by atoms with Crippen LogP contribution >= 0.6 is 0 Å². The fourth-order valence-electron chi connectivity index (χ4n) is 7.27. The molecule has 0 aromatic heterocycles. The average molecular weight is 364 g/mol. The molecule has 4 fully saturated rings. The third kappa shape index (κ3) is 1.46. The first-order valence-electron chi connectivity index (χ1n) is 9.20. The number of aliphatic hydroxyl groups is 3. The molecular weight excluding hydrogens is 340 g/mol. The second kappa shape index (κ2) is 4.58. The zero-order valence-electron chi connectivity index (χ0n) is 15.0. The Bertz CT molecular complexity index is 761. The number of carbonyl (C=O) groups excluding carboxylic acids is 2. The number of hydrogen-bond acceptors (Lipinski definition) is 7. The van der Waals surface area contributed by atoms with Crippen molar-refractivity contribution in [2.75, 3.05) is 6.61 Å². The van der Waals surface area contributed by atoms with Gasteiger partial charge in [0, 0.05) is 16.7 Å². The van der Waals surface area contributed by atoms with Crippen molar-refractivity contribution in [3.05, 3.63) is 11.6 Å². The lowest BCUT2D eigenvalue weighted by molar-refractivity contribution is -0.234. The highest BCUT2D eigenvalue weighted by Gasteiger charge is 2.83. The molecule has 4 bridgehead atoms.